The number of phenolic OH excluding ortho intramolecular Hbond substituents is 1. The zero-order valence-electron chi connectivity index (χ0n) is 11.0. The number of aromatic hydroxyl groups is 1. The molecule has 0 aliphatic carbocycles. The summed E-state index contributed by atoms with van der Waals surface area (Å²) in [7, 11) is 0. The van der Waals surface area contributed by atoms with Crippen molar-refractivity contribution in [3.8, 4) is 5.75 Å². The predicted molar refractivity (Wildman–Crippen MR) is 76.7 cm³/mol. The lowest BCUT2D eigenvalue weighted by molar-refractivity contribution is -0.126. The lowest BCUT2D eigenvalue weighted by atomic mass is 9.96. The van der Waals surface area contributed by atoms with Crippen LogP contribution in [-0.2, 0) is 4.79 Å². The molecule has 0 spiro atoms. The third-order valence-corrected chi connectivity index (χ3v) is 2.51. The monoisotopic (exact) mass is 266 g/mol. The van der Waals surface area contributed by atoms with E-state index in [-0.39, 0.29) is 16.8 Å². The van der Waals surface area contributed by atoms with Gasteiger partial charge in [0.15, 0.2) is 5.11 Å². The van der Waals surface area contributed by atoms with Crippen molar-refractivity contribution in [1.82, 2.24) is 5.32 Å². The van der Waals surface area contributed by atoms with Gasteiger partial charge in [-0.1, -0.05) is 26.8 Å². The van der Waals surface area contributed by atoms with Crippen molar-refractivity contribution in [2.75, 3.05) is 5.32 Å². The number of phenols is 1. The number of hydrogen-bond acceptors (Lipinski definition) is 3. The first kappa shape index (κ1) is 14.4. The van der Waals surface area contributed by atoms with Crippen LogP contribution in [0.2, 0.25) is 0 Å². The topological polar surface area (TPSA) is 61.4 Å². The Kier molecular flexibility index (Phi) is 4.29. The second-order valence-electron chi connectivity index (χ2n) is 5.18. The fraction of sp³-hybridized carbons (Fsp3) is 0.385. The van der Waals surface area contributed by atoms with Crippen LogP contribution in [0.3, 0.4) is 0 Å². The van der Waals surface area contributed by atoms with E-state index in [1.807, 2.05) is 13.0 Å². The maximum absolute atomic E-state index is 11.7. The van der Waals surface area contributed by atoms with Crippen LogP contribution in [0, 0.1) is 12.3 Å². The number of amides is 1. The van der Waals surface area contributed by atoms with Gasteiger partial charge in [0.1, 0.15) is 5.75 Å². The second-order valence-corrected chi connectivity index (χ2v) is 5.59. The summed E-state index contributed by atoms with van der Waals surface area (Å²) in [5, 5.41) is 15.2. The smallest absolute Gasteiger partial charge is 0.231 e. The van der Waals surface area contributed by atoms with Crippen LogP contribution >= 0.6 is 12.2 Å². The maximum atomic E-state index is 11.7. The summed E-state index contributed by atoms with van der Waals surface area (Å²) >= 11 is 5.02. The molecule has 3 N–H and O–H groups in total. The van der Waals surface area contributed by atoms with Crippen molar-refractivity contribution in [3.05, 3.63) is 23.8 Å². The molecule has 18 heavy (non-hydrogen) atoms. The van der Waals surface area contributed by atoms with E-state index in [9.17, 15) is 9.90 Å². The number of rotatable bonds is 1. The third kappa shape index (κ3) is 4.00. The first-order valence-electron chi connectivity index (χ1n) is 5.62. The van der Waals surface area contributed by atoms with Crippen LogP contribution in [0.5, 0.6) is 5.75 Å². The van der Waals surface area contributed by atoms with E-state index in [0.29, 0.717) is 5.69 Å². The van der Waals surface area contributed by atoms with Gasteiger partial charge in [0.25, 0.3) is 0 Å². The molecule has 1 aromatic rings. The van der Waals surface area contributed by atoms with Crippen molar-refractivity contribution in [3.63, 3.8) is 0 Å². The van der Waals surface area contributed by atoms with Gasteiger partial charge in [-0.25, -0.2) is 0 Å². The van der Waals surface area contributed by atoms with Gasteiger partial charge in [0.2, 0.25) is 5.91 Å². The molecular formula is C13H18N2O2S. The minimum absolute atomic E-state index is 0.0994. The number of benzene rings is 1. The molecule has 0 fully saturated rings. The van der Waals surface area contributed by atoms with Gasteiger partial charge in [-0.15, -0.1) is 0 Å². The van der Waals surface area contributed by atoms with Gasteiger partial charge < -0.3 is 15.7 Å². The average molecular weight is 266 g/mol. The van der Waals surface area contributed by atoms with E-state index in [2.05, 4.69) is 10.6 Å². The molecule has 0 aliphatic rings. The molecule has 0 aliphatic heterocycles. The average Bonchev–Trinajstić information content (AvgIpc) is 2.20. The molecule has 0 heterocycles. The summed E-state index contributed by atoms with van der Waals surface area (Å²) in [5.41, 5.74) is 0.906. The molecule has 5 heteroatoms. The van der Waals surface area contributed by atoms with Crippen molar-refractivity contribution in [1.29, 1.82) is 0 Å². The van der Waals surface area contributed by atoms with Gasteiger partial charge in [-0.2, -0.15) is 0 Å². The number of hydrogen-bond donors (Lipinski definition) is 3. The number of thiocarbonyl (C=S) groups is 1. The lowest BCUT2D eigenvalue weighted by Crippen LogP contribution is -2.41. The zero-order chi connectivity index (χ0) is 13.9. The number of carbonyl (C=O) groups excluding carboxylic acids is 1. The Hall–Kier alpha value is -1.62. The molecule has 0 atom stereocenters. The van der Waals surface area contributed by atoms with Crippen molar-refractivity contribution >= 4 is 28.9 Å². The van der Waals surface area contributed by atoms with E-state index < -0.39 is 5.41 Å². The summed E-state index contributed by atoms with van der Waals surface area (Å²) in [4.78, 5) is 11.7. The van der Waals surface area contributed by atoms with Gasteiger partial charge in [-0.3, -0.25) is 4.79 Å². The molecule has 0 unspecified atom stereocenters. The maximum Gasteiger partial charge on any atom is 0.231 e. The quantitative estimate of drug-likeness (QED) is 0.540. The zero-order valence-corrected chi connectivity index (χ0v) is 11.8. The molecular weight excluding hydrogens is 248 g/mol. The Morgan fingerprint density at radius 3 is 2.44 bits per heavy atom. The van der Waals surface area contributed by atoms with Gasteiger partial charge >= 0.3 is 0 Å². The molecule has 0 saturated carbocycles. The summed E-state index contributed by atoms with van der Waals surface area (Å²) in [6.45, 7) is 7.28. The van der Waals surface area contributed by atoms with E-state index in [0.717, 1.165) is 5.56 Å². The van der Waals surface area contributed by atoms with E-state index in [4.69, 9.17) is 12.2 Å². The van der Waals surface area contributed by atoms with Crippen LogP contribution in [0.4, 0.5) is 5.69 Å². The molecule has 1 amide bonds. The van der Waals surface area contributed by atoms with E-state index in [1.54, 1.807) is 32.9 Å². The minimum atomic E-state index is -0.513. The standard InChI is InChI=1S/C13H18N2O2S/c1-8-5-6-9(10(16)7-8)14-12(18)15-11(17)13(2,3)4/h5-7,16H,1-4H3,(H2,14,15,17,18). The normalized spacial score (nSPS) is 10.9. The summed E-state index contributed by atoms with van der Waals surface area (Å²) < 4.78 is 0. The van der Waals surface area contributed by atoms with Crippen LogP contribution in [0.15, 0.2) is 18.2 Å². The molecule has 98 valence electrons. The summed E-state index contributed by atoms with van der Waals surface area (Å²) in [5.74, 6) is -0.0750. The Bertz CT molecular complexity index is 478. The fourth-order valence-corrected chi connectivity index (χ4v) is 1.39. The molecule has 1 aromatic carbocycles. The van der Waals surface area contributed by atoms with Crippen LogP contribution in [0.1, 0.15) is 26.3 Å². The Morgan fingerprint density at radius 1 is 1.33 bits per heavy atom. The van der Waals surface area contributed by atoms with Gasteiger partial charge in [0, 0.05) is 5.41 Å². The molecule has 0 aromatic heterocycles. The Morgan fingerprint density at radius 2 is 1.94 bits per heavy atom. The molecule has 1 rings (SSSR count). The number of aryl methyl sites for hydroxylation is 1. The summed E-state index contributed by atoms with van der Waals surface area (Å²) in [6, 6.07) is 5.17. The third-order valence-electron chi connectivity index (χ3n) is 2.31. The molecule has 0 saturated heterocycles. The highest BCUT2D eigenvalue weighted by Crippen LogP contribution is 2.23. The van der Waals surface area contributed by atoms with Crippen LogP contribution < -0.4 is 10.6 Å². The highest BCUT2D eigenvalue weighted by molar-refractivity contribution is 7.80. The largest absolute Gasteiger partial charge is 0.506 e. The highest BCUT2D eigenvalue weighted by atomic mass is 32.1. The predicted octanol–water partition coefficient (Wildman–Crippen LogP) is 2.56. The fourth-order valence-electron chi connectivity index (χ4n) is 1.19. The van der Waals surface area contributed by atoms with Crippen molar-refractivity contribution in [2.24, 2.45) is 5.41 Å². The SMILES string of the molecule is Cc1ccc(NC(=S)NC(=O)C(C)(C)C)c(O)c1. The van der Waals surface area contributed by atoms with Crippen LogP contribution in [0.25, 0.3) is 0 Å². The van der Waals surface area contributed by atoms with Gasteiger partial charge in [0.05, 0.1) is 5.69 Å². The molecule has 0 bridgehead atoms. The van der Waals surface area contributed by atoms with Crippen molar-refractivity contribution < 1.29 is 9.90 Å². The Balaban J connectivity index is 2.68. The van der Waals surface area contributed by atoms with E-state index in [1.165, 1.54) is 0 Å². The first-order chi connectivity index (χ1) is 8.20. The van der Waals surface area contributed by atoms with Gasteiger partial charge in [-0.05, 0) is 36.8 Å². The number of nitrogens with one attached hydrogen (secondary N) is 2. The molecule has 0 radical (unpaired) electrons. The number of carbonyl (C=O) groups is 1. The van der Waals surface area contributed by atoms with Crippen LogP contribution in [-0.4, -0.2) is 16.1 Å². The Labute approximate surface area is 112 Å². The second kappa shape index (κ2) is 5.35. The minimum Gasteiger partial charge on any atom is -0.506 e. The van der Waals surface area contributed by atoms with E-state index >= 15 is 0 Å². The highest BCUT2D eigenvalue weighted by Gasteiger charge is 2.22. The molecule has 4 nitrogen and oxygen atoms in total. The van der Waals surface area contributed by atoms with Crippen molar-refractivity contribution in [2.45, 2.75) is 27.7 Å². The lowest BCUT2D eigenvalue weighted by Gasteiger charge is -2.18. The summed E-state index contributed by atoms with van der Waals surface area (Å²) in [6.07, 6.45) is 0. The number of anilines is 1. The first-order valence-corrected chi connectivity index (χ1v) is 6.03.